The fraction of sp³-hybridized carbons (Fsp3) is 0.444. The van der Waals surface area contributed by atoms with Gasteiger partial charge in [0.05, 0.1) is 11.4 Å². The Hall–Kier alpha value is -2.77. The van der Waals surface area contributed by atoms with Crippen molar-refractivity contribution in [3.8, 4) is 5.88 Å². The summed E-state index contributed by atoms with van der Waals surface area (Å²) in [4.78, 5) is 25.9. The molecule has 31 heavy (non-hydrogen) atoms. The molecule has 2 aromatic rings. The van der Waals surface area contributed by atoms with Crippen LogP contribution >= 0.6 is 0 Å². The first kappa shape index (κ1) is 22.9. The second-order valence-electron chi connectivity index (χ2n) is 7.48. The zero-order valence-corrected chi connectivity index (χ0v) is 17.9. The van der Waals surface area contributed by atoms with E-state index in [2.05, 4.69) is 25.0 Å². The maximum atomic E-state index is 13.4. The average molecular weight is 456 g/mol. The van der Waals surface area contributed by atoms with E-state index >= 15 is 0 Å². The smallest absolute Gasteiger partial charge is 0.388 e. The van der Waals surface area contributed by atoms with Crippen molar-refractivity contribution in [2.75, 3.05) is 18.4 Å². The Kier molecular flexibility index (Phi) is 6.21. The van der Waals surface area contributed by atoms with Gasteiger partial charge in [0.2, 0.25) is 11.8 Å². The number of nitrogens with one attached hydrogen (secondary N) is 1. The molecule has 1 fully saturated rings. The number of nitrogens with zero attached hydrogens (tertiary/aromatic N) is 4. The van der Waals surface area contributed by atoms with Gasteiger partial charge < -0.3 is 10.1 Å². The predicted molar refractivity (Wildman–Crippen MR) is 107 cm³/mol. The van der Waals surface area contributed by atoms with Gasteiger partial charge in [0.25, 0.3) is 10.2 Å². The fourth-order valence-electron chi connectivity index (χ4n) is 3.32. The minimum Gasteiger partial charge on any atom is -0.415 e. The molecule has 0 atom stereocenters. The van der Waals surface area contributed by atoms with Gasteiger partial charge >= 0.3 is 6.61 Å². The van der Waals surface area contributed by atoms with Crippen LogP contribution in [-0.4, -0.2) is 53.3 Å². The first-order valence-electron chi connectivity index (χ1n) is 9.27. The largest absolute Gasteiger partial charge is 0.415 e. The van der Waals surface area contributed by atoms with Crippen molar-refractivity contribution in [1.82, 2.24) is 19.3 Å². The van der Waals surface area contributed by atoms with Crippen LogP contribution in [0.4, 0.5) is 14.5 Å². The number of pyridine rings is 1. The van der Waals surface area contributed by atoms with E-state index in [4.69, 9.17) is 5.14 Å². The molecule has 10 nitrogen and oxygen atoms in total. The van der Waals surface area contributed by atoms with E-state index in [0.717, 1.165) is 4.31 Å². The molecular weight excluding hydrogens is 434 g/mol. The second-order valence-corrected chi connectivity index (χ2v) is 9.02. The van der Waals surface area contributed by atoms with Gasteiger partial charge in [-0.25, -0.2) is 10.1 Å². The molecule has 0 aromatic carbocycles. The van der Waals surface area contributed by atoms with Gasteiger partial charge in [-0.1, -0.05) is 13.8 Å². The van der Waals surface area contributed by atoms with E-state index in [1.54, 1.807) is 6.92 Å². The Balaban J connectivity index is 2.02. The van der Waals surface area contributed by atoms with Crippen LogP contribution in [0.15, 0.2) is 24.5 Å². The Bertz CT molecular complexity index is 1090. The summed E-state index contributed by atoms with van der Waals surface area (Å²) in [5, 5.41) is 7.74. The average Bonchev–Trinajstić information content (AvgIpc) is 2.62. The minimum atomic E-state index is -4.05. The molecule has 1 saturated heterocycles. The van der Waals surface area contributed by atoms with Crippen molar-refractivity contribution in [1.29, 1.82) is 0 Å². The number of hydrogen-bond donors (Lipinski definition) is 2. The van der Waals surface area contributed by atoms with E-state index < -0.39 is 34.0 Å². The van der Waals surface area contributed by atoms with Crippen LogP contribution in [0.2, 0.25) is 0 Å². The van der Waals surface area contributed by atoms with Crippen molar-refractivity contribution in [3.63, 3.8) is 0 Å². The van der Waals surface area contributed by atoms with Crippen molar-refractivity contribution < 1.29 is 26.7 Å². The number of nitrogens with two attached hydrogens (primary N) is 1. The number of rotatable bonds is 7. The van der Waals surface area contributed by atoms with E-state index in [1.165, 1.54) is 24.5 Å². The van der Waals surface area contributed by atoms with Crippen LogP contribution in [-0.2, 0) is 20.4 Å². The lowest BCUT2D eigenvalue weighted by Gasteiger charge is -2.46. The highest BCUT2D eigenvalue weighted by Gasteiger charge is 2.56. The third-order valence-corrected chi connectivity index (χ3v) is 5.84. The van der Waals surface area contributed by atoms with Gasteiger partial charge in [0, 0.05) is 31.2 Å². The molecule has 3 N–H and O–H groups in total. The fourth-order valence-corrected chi connectivity index (χ4v) is 4.12. The number of amides is 1. The molecule has 0 unspecified atom stereocenters. The first-order chi connectivity index (χ1) is 14.4. The van der Waals surface area contributed by atoms with Gasteiger partial charge in [-0.3, -0.25) is 14.8 Å². The number of aryl methyl sites for hydroxylation is 1. The van der Waals surface area contributed by atoms with Gasteiger partial charge in [0.15, 0.2) is 0 Å². The molecule has 0 radical (unpaired) electrons. The monoisotopic (exact) mass is 456 g/mol. The molecule has 3 rings (SSSR count). The highest BCUT2D eigenvalue weighted by atomic mass is 32.2. The van der Waals surface area contributed by atoms with Gasteiger partial charge in [0.1, 0.15) is 11.1 Å². The molecule has 13 heteroatoms. The second kappa shape index (κ2) is 8.40. The maximum Gasteiger partial charge on any atom is 0.388 e. The maximum absolute atomic E-state index is 13.4. The molecule has 2 aromatic heterocycles. The Morgan fingerprint density at radius 1 is 1.26 bits per heavy atom. The third kappa shape index (κ3) is 4.62. The van der Waals surface area contributed by atoms with E-state index in [0.29, 0.717) is 17.1 Å². The summed E-state index contributed by atoms with van der Waals surface area (Å²) in [7, 11) is -4.05. The summed E-state index contributed by atoms with van der Waals surface area (Å²) >= 11 is 0. The molecule has 0 spiro atoms. The highest BCUT2D eigenvalue weighted by molar-refractivity contribution is 7.86. The third-order valence-electron chi connectivity index (χ3n) is 4.86. The summed E-state index contributed by atoms with van der Waals surface area (Å²) in [5.74, 6) is -1.24. The number of carbonyl (C=O) groups is 1. The number of ether oxygens (including phenoxy) is 1. The van der Waals surface area contributed by atoms with E-state index in [1.807, 2.05) is 13.8 Å². The van der Waals surface area contributed by atoms with Gasteiger partial charge in [-0.15, -0.1) is 0 Å². The van der Waals surface area contributed by atoms with Crippen molar-refractivity contribution in [2.45, 2.75) is 38.7 Å². The summed E-state index contributed by atoms with van der Waals surface area (Å²) in [6, 6.07) is 2.89. The minimum absolute atomic E-state index is 0.0840. The Morgan fingerprint density at radius 2 is 1.90 bits per heavy atom. The Morgan fingerprint density at radius 3 is 2.48 bits per heavy atom. The zero-order chi connectivity index (χ0) is 23.0. The molecule has 0 aliphatic carbocycles. The van der Waals surface area contributed by atoms with E-state index in [-0.39, 0.29) is 24.7 Å². The SMILES string of the molecule is Cc1ccc(NC(=O)C2(c3nccnc3C(C)C)CN(S(N)(=O)=O)C2)c(OC(F)F)n1. The highest BCUT2D eigenvalue weighted by Crippen LogP contribution is 2.39. The molecule has 1 amide bonds. The summed E-state index contributed by atoms with van der Waals surface area (Å²) in [5.41, 5.74) is -0.299. The lowest BCUT2D eigenvalue weighted by atomic mass is 9.75. The zero-order valence-electron chi connectivity index (χ0n) is 17.0. The van der Waals surface area contributed by atoms with Crippen LogP contribution in [0, 0.1) is 6.92 Å². The van der Waals surface area contributed by atoms with Crippen LogP contribution in [0.5, 0.6) is 5.88 Å². The van der Waals surface area contributed by atoms with Gasteiger partial charge in [-0.2, -0.15) is 21.5 Å². The van der Waals surface area contributed by atoms with Gasteiger partial charge in [-0.05, 0) is 25.0 Å². The summed E-state index contributed by atoms with van der Waals surface area (Å²) < 4.78 is 54.5. The first-order valence-corrected chi connectivity index (χ1v) is 10.8. The molecule has 1 aliphatic rings. The number of aromatic nitrogens is 3. The van der Waals surface area contributed by atoms with Crippen molar-refractivity contribution in [3.05, 3.63) is 41.6 Å². The predicted octanol–water partition coefficient (Wildman–Crippen LogP) is 1.30. The number of carbonyl (C=O) groups excluding carboxylic acids is 1. The topological polar surface area (TPSA) is 140 Å². The molecule has 0 bridgehead atoms. The summed E-state index contributed by atoms with van der Waals surface area (Å²) in [6.07, 6.45) is 2.87. The molecule has 3 heterocycles. The van der Waals surface area contributed by atoms with Crippen molar-refractivity contribution in [2.24, 2.45) is 5.14 Å². The number of hydrogen-bond acceptors (Lipinski definition) is 7. The summed E-state index contributed by atoms with van der Waals surface area (Å²) in [6.45, 7) is 1.59. The van der Waals surface area contributed by atoms with Crippen LogP contribution in [0.25, 0.3) is 0 Å². The lowest BCUT2D eigenvalue weighted by molar-refractivity contribution is -0.125. The quantitative estimate of drug-likeness (QED) is 0.640. The number of anilines is 1. The number of alkyl halides is 2. The van der Waals surface area contributed by atoms with Crippen LogP contribution < -0.4 is 15.2 Å². The Labute approximate surface area is 178 Å². The normalized spacial score (nSPS) is 16.3. The molecule has 1 aliphatic heterocycles. The standard InChI is InChI=1S/C18H22F2N6O4S/c1-10(2)13-14(23-7-6-22-13)18(8-26(9-18)31(21,28)29)16(27)25-12-5-4-11(3)24-15(12)30-17(19)20/h4-7,10,17H,8-9H2,1-3H3,(H,25,27)(H2,21,28,29). The van der Waals surface area contributed by atoms with Crippen LogP contribution in [0.1, 0.15) is 36.8 Å². The van der Waals surface area contributed by atoms with E-state index in [9.17, 15) is 22.0 Å². The number of halogens is 2. The lowest BCUT2D eigenvalue weighted by Crippen LogP contribution is -2.67. The molecule has 168 valence electrons. The van der Waals surface area contributed by atoms with Crippen molar-refractivity contribution >= 4 is 21.8 Å². The molecular formula is C18H22F2N6O4S. The van der Waals surface area contributed by atoms with Crippen LogP contribution in [0.3, 0.4) is 0 Å². The molecule has 0 saturated carbocycles.